The summed E-state index contributed by atoms with van der Waals surface area (Å²) in [7, 11) is -6.68. The predicted molar refractivity (Wildman–Crippen MR) is 149 cm³/mol. The van der Waals surface area contributed by atoms with E-state index in [-0.39, 0.29) is 45.8 Å². The monoisotopic (exact) mass is 611 g/mol. The number of likely N-dealkylation sites (N-methyl/N-ethyl adjacent to an activating group) is 1. The second kappa shape index (κ2) is 11.8. The van der Waals surface area contributed by atoms with Gasteiger partial charge < -0.3 is 14.7 Å². The molecule has 0 bridgehead atoms. The van der Waals surface area contributed by atoms with Crippen molar-refractivity contribution in [3.05, 3.63) is 71.4 Å². The van der Waals surface area contributed by atoms with Gasteiger partial charge in [-0.05, 0) is 54.8 Å². The lowest BCUT2D eigenvalue weighted by Gasteiger charge is -2.38. The fourth-order valence-electron chi connectivity index (χ4n) is 4.29. The van der Waals surface area contributed by atoms with Gasteiger partial charge in [-0.15, -0.1) is 11.3 Å². The number of fused-ring (bicyclic) bond motifs is 1. The number of para-hydroxylation sites is 1. The molecule has 2 N–H and O–H groups in total. The number of aliphatic hydroxyl groups is 1. The quantitative estimate of drug-likeness (QED) is 0.380. The van der Waals surface area contributed by atoms with E-state index in [2.05, 4.69) is 4.72 Å². The van der Waals surface area contributed by atoms with Crippen molar-refractivity contribution in [2.45, 2.75) is 35.1 Å². The van der Waals surface area contributed by atoms with E-state index in [1.54, 1.807) is 25.3 Å². The van der Waals surface area contributed by atoms with E-state index in [1.165, 1.54) is 48.3 Å². The van der Waals surface area contributed by atoms with Crippen molar-refractivity contribution < 1.29 is 35.9 Å². The van der Waals surface area contributed by atoms with Crippen LogP contribution in [0.25, 0.3) is 0 Å². The first kappa shape index (κ1) is 29.9. The van der Waals surface area contributed by atoms with Crippen LogP contribution in [0.5, 0.6) is 5.75 Å². The predicted octanol–water partition coefficient (Wildman–Crippen LogP) is 3.23. The molecule has 2 aromatic carbocycles. The normalized spacial score (nSPS) is 18.9. The van der Waals surface area contributed by atoms with Crippen molar-refractivity contribution in [1.29, 1.82) is 0 Å². The van der Waals surface area contributed by atoms with Gasteiger partial charge in [0.25, 0.3) is 15.9 Å². The summed E-state index contributed by atoms with van der Waals surface area (Å²) in [6, 6.07) is 11.4. The van der Waals surface area contributed by atoms with Gasteiger partial charge in [-0.25, -0.2) is 21.2 Å². The van der Waals surface area contributed by atoms with Crippen LogP contribution >= 0.6 is 11.3 Å². The molecule has 3 atom stereocenters. The van der Waals surface area contributed by atoms with Gasteiger partial charge in [0.05, 0.1) is 35.3 Å². The molecule has 1 aromatic heterocycles. The van der Waals surface area contributed by atoms with Gasteiger partial charge >= 0.3 is 0 Å². The summed E-state index contributed by atoms with van der Waals surface area (Å²) in [5.74, 6) is -1.53. The smallest absolute Gasteiger partial charge is 0.271 e. The number of sulfonamides is 2. The zero-order valence-electron chi connectivity index (χ0n) is 22.0. The highest BCUT2D eigenvalue weighted by Crippen LogP contribution is 2.36. The number of aliphatic hydroxyl groups excluding tert-OH is 1. The van der Waals surface area contributed by atoms with E-state index in [1.807, 2.05) is 0 Å². The lowest BCUT2D eigenvalue weighted by atomic mass is 9.99. The lowest BCUT2D eigenvalue weighted by molar-refractivity contribution is 0.0389. The third kappa shape index (κ3) is 6.15. The van der Waals surface area contributed by atoms with E-state index in [9.17, 15) is 31.1 Å². The molecule has 2 heterocycles. The molecule has 0 radical (unpaired) electrons. The summed E-state index contributed by atoms with van der Waals surface area (Å²) in [4.78, 5) is 15.0. The van der Waals surface area contributed by atoms with E-state index in [0.29, 0.717) is 0 Å². The summed E-state index contributed by atoms with van der Waals surface area (Å²) < 4.78 is 75.9. The maximum atomic E-state index is 13.6. The number of anilines is 1. The van der Waals surface area contributed by atoms with Crippen LogP contribution in [0.3, 0.4) is 0 Å². The largest absolute Gasteiger partial charge is 0.486 e. The molecule has 0 spiro atoms. The van der Waals surface area contributed by atoms with Gasteiger partial charge in [-0.1, -0.05) is 19.1 Å². The molecular weight excluding hydrogens is 581 g/mol. The maximum Gasteiger partial charge on any atom is 0.271 e. The SMILES string of the molecule is C[C@H]1CN([C@@H](C)CO)C(=O)c2cccc(NS(=O)(=O)c3cccs3)c2O[C@H]1CN(C)S(=O)(=O)c1ccc(F)cc1. The lowest BCUT2D eigenvalue weighted by Crippen LogP contribution is -2.50. The molecule has 1 aliphatic rings. The van der Waals surface area contributed by atoms with Crippen LogP contribution in [-0.4, -0.2) is 75.9 Å². The minimum Gasteiger partial charge on any atom is -0.486 e. The minimum atomic E-state index is -4.03. The van der Waals surface area contributed by atoms with Crippen molar-refractivity contribution in [3.63, 3.8) is 0 Å². The molecule has 1 amide bonds. The van der Waals surface area contributed by atoms with Crippen LogP contribution in [0.1, 0.15) is 24.2 Å². The van der Waals surface area contributed by atoms with Crippen molar-refractivity contribution in [3.8, 4) is 5.75 Å². The highest BCUT2D eigenvalue weighted by Gasteiger charge is 2.36. The molecule has 3 aromatic rings. The Labute approximate surface area is 237 Å². The maximum absolute atomic E-state index is 13.6. The Morgan fingerprint density at radius 2 is 1.85 bits per heavy atom. The zero-order valence-corrected chi connectivity index (χ0v) is 24.5. The molecule has 0 unspecified atom stereocenters. The Morgan fingerprint density at radius 3 is 2.48 bits per heavy atom. The first-order valence-corrected chi connectivity index (χ1v) is 16.1. The van der Waals surface area contributed by atoms with Crippen molar-refractivity contribution in [1.82, 2.24) is 9.21 Å². The van der Waals surface area contributed by atoms with Crippen LogP contribution in [-0.2, 0) is 20.0 Å². The zero-order chi connectivity index (χ0) is 29.2. The Balaban J connectivity index is 1.75. The molecule has 10 nitrogen and oxygen atoms in total. The number of carbonyl (C=O) groups is 1. The summed E-state index contributed by atoms with van der Waals surface area (Å²) >= 11 is 1.02. The standard InChI is InChI=1S/C26H30FN3O7S3/c1-17-14-30(18(2)16-31)26(32)21-6-4-7-22(28-39(33,34)24-8-5-13-38-24)25(21)37-23(17)15-29(3)40(35,36)20-11-9-19(27)10-12-20/h4-13,17-18,23,28,31H,14-16H2,1-3H3/t17-,18-,23-/m0/s1. The number of benzene rings is 2. The Bertz CT molecular complexity index is 1560. The molecule has 0 saturated heterocycles. The number of rotatable bonds is 9. The molecule has 0 saturated carbocycles. The highest BCUT2D eigenvalue weighted by atomic mass is 32.2. The number of nitrogens with zero attached hydrogens (tertiary/aromatic N) is 2. The van der Waals surface area contributed by atoms with Crippen molar-refractivity contribution >= 4 is 43.0 Å². The number of nitrogens with one attached hydrogen (secondary N) is 1. The molecule has 4 rings (SSSR count). The number of hydrogen-bond donors (Lipinski definition) is 2. The fourth-order valence-corrected chi connectivity index (χ4v) is 7.53. The van der Waals surface area contributed by atoms with Crippen LogP contribution in [0.15, 0.2) is 69.1 Å². The summed E-state index contributed by atoms with van der Waals surface area (Å²) in [5.41, 5.74) is 0.0756. The average molecular weight is 612 g/mol. The van der Waals surface area contributed by atoms with E-state index in [0.717, 1.165) is 27.8 Å². The number of thiophene rings is 1. The van der Waals surface area contributed by atoms with Crippen LogP contribution in [0.2, 0.25) is 0 Å². The number of halogens is 1. The molecule has 0 aliphatic carbocycles. The topological polar surface area (TPSA) is 133 Å². The highest BCUT2D eigenvalue weighted by molar-refractivity contribution is 7.94. The summed E-state index contributed by atoms with van der Waals surface area (Å²) in [6.45, 7) is 3.11. The minimum absolute atomic E-state index is 0.0130. The summed E-state index contributed by atoms with van der Waals surface area (Å²) in [5, 5.41) is 11.5. The van der Waals surface area contributed by atoms with Gasteiger partial charge in [0.15, 0.2) is 5.75 Å². The van der Waals surface area contributed by atoms with Crippen LogP contribution in [0.4, 0.5) is 10.1 Å². The molecular formula is C26H30FN3O7S3. The molecule has 40 heavy (non-hydrogen) atoms. The van der Waals surface area contributed by atoms with Crippen LogP contribution < -0.4 is 9.46 Å². The number of hydrogen-bond acceptors (Lipinski definition) is 8. The van der Waals surface area contributed by atoms with E-state index in [4.69, 9.17) is 4.74 Å². The number of amides is 1. The third-order valence-electron chi connectivity index (χ3n) is 6.65. The average Bonchev–Trinajstić information content (AvgIpc) is 3.47. The molecule has 1 aliphatic heterocycles. The summed E-state index contributed by atoms with van der Waals surface area (Å²) in [6.07, 6.45) is -0.840. The Kier molecular flexibility index (Phi) is 8.85. The van der Waals surface area contributed by atoms with Gasteiger partial charge in [0.1, 0.15) is 16.1 Å². The van der Waals surface area contributed by atoms with Gasteiger partial charge in [-0.3, -0.25) is 9.52 Å². The first-order chi connectivity index (χ1) is 18.8. The number of ether oxygens (including phenoxy) is 1. The van der Waals surface area contributed by atoms with Crippen molar-refractivity contribution in [2.75, 3.05) is 31.5 Å². The van der Waals surface area contributed by atoms with Gasteiger partial charge in [-0.2, -0.15) is 4.31 Å². The molecule has 216 valence electrons. The van der Waals surface area contributed by atoms with E-state index >= 15 is 0 Å². The fraction of sp³-hybridized carbons (Fsp3) is 0.346. The molecule has 0 fully saturated rings. The van der Waals surface area contributed by atoms with E-state index < -0.39 is 49.8 Å². The Hall–Kier alpha value is -3.04. The number of carbonyl (C=O) groups excluding carboxylic acids is 1. The third-order valence-corrected chi connectivity index (χ3v) is 11.3. The van der Waals surface area contributed by atoms with Crippen molar-refractivity contribution in [2.24, 2.45) is 5.92 Å². The van der Waals surface area contributed by atoms with Crippen LogP contribution in [0, 0.1) is 11.7 Å². The first-order valence-electron chi connectivity index (χ1n) is 12.3. The van der Waals surface area contributed by atoms with Gasteiger partial charge in [0.2, 0.25) is 10.0 Å². The second-order valence-electron chi connectivity index (χ2n) is 9.58. The second-order valence-corrected chi connectivity index (χ2v) is 14.5. The molecule has 14 heteroatoms. The van der Waals surface area contributed by atoms with Gasteiger partial charge in [0, 0.05) is 19.5 Å². The Morgan fingerprint density at radius 1 is 1.15 bits per heavy atom.